The van der Waals surface area contributed by atoms with Gasteiger partial charge in [-0.2, -0.15) is 0 Å². The third-order valence-electron chi connectivity index (χ3n) is 2.83. The largest absolute Gasteiger partial charge is 0.269 e. The lowest BCUT2D eigenvalue weighted by Crippen LogP contribution is -1.89. The molecule has 0 radical (unpaired) electrons. The van der Waals surface area contributed by atoms with E-state index in [9.17, 15) is 20.2 Å². The molecule has 2 rings (SSSR count). The van der Waals surface area contributed by atoms with Gasteiger partial charge in [-0.25, -0.2) is 0 Å². The summed E-state index contributed by atoms with van der Waals surface area (Å²) in [5.74, 6) is 0. The molecule has 2 aromatic carbocycles. The van der Waals surface area contributed by atoms with Gasteiger partial charge >= 0.3 is 0 Å². The maximum Gasteiger partial charge on any atom is 0.269 e. The van der Waals surface area contributed by atoms with E-state index < -0.39 is 0 Å². The number of benzene rings is 2. The molecule has 0 amide bonds. The van der Waals surface area contributed by atoms with Crippen LogP contribution in [0.25, 0.3) is 0 Å². The van der Waals surface area contributed by atoms with E-state index in [4.69, 9.17) is 0 Å². The Hall–Kier alpha value is -2.76. The van der Waals surface area contributed by atoms with Crippen LogP contribution in [-0.2, 0) is 0 Å². The van der Waals surface area contributed by atoms with E-state index in [1.54, 1.807) is 24.3 Å². The van der Waals surface area contributed by atoms with E-state index >= 15 is 0 Å². The summed E-state index contributed by atoms with van der Waals surface area (Å²) in [4.78, 5) is 19.9. The van der Waals surface area contributed by atoms with Gasteiger partial charge in [0.25, 0.3) is 11.4 Å². The molecule has 2 aromatic rings. The molecule has 0 spiro atoms. The highest BCUT2D eigenvalue weighted by molar-refractivity contribution is 5.38. The maximum absolute atomic E-state index is 10.3. The number of hydrogen-bond acceptors (Lipinski definition) is 4. The van der Waals surface area contributed by atoms with E-state index in [0.717, 1.165) is 22.3 Å². The zero-order valence-corrected chi connectivity index (χ0v) is 13.0. The van der Waals surface area contributed by atoms with Crippen LogP contribution < -0.4 is 0 Å². The van der Waals surface area contributed by atoms with E-state index in [2.05, 4.69) is 0 Å². The summed E-state index contributed by atoms with van der Waals surface area (Å²) in [6.07, 6.45) is 0. The predicted molar refractivity (Wildman–Crippen MR) is 85.1 cm³/mol. The number of nitro benzene ring substituents is 2. The minimum absolute atomic E-state index is 0.169. The first kappa shape index (κ1) is 17.3. The molecule has 0 saturated carbocycles. The molecule has 6 heteroatoms. The van der Waals surface area contributed by atoms with Crippen LogP contribution in [0.3, 0.4) is 0 Å². The van der Waals surface area contributed by atoms with Gasteiger partial charge in [0.05, 0.1) is 9.85 Å². The molecular formula is C16H18N2O4. The topological polar surface area (TPSA) is 86.3 Å². The quantitative estimate of drug-likeness (QED) is 0.606. The fourth-order valence-electron chi connectivity index (χ4n) is 2.11. The predicted octanol–water partition coefficient (Wildman–Crippen LogP) is 4.42. The summed E-state index contributed by atoms with van der Waals surface area (Å²) in [6.45, 7) is 7.39. The number of rotatable bonds is 2. The standard InChI is InChI=1S/2C8H9NO2/c2*1-6-3-7(2)5-8(4-6)9(10)11/h2*3-5H,1-2H3. The summed E-state index contributed by atoms with van der Waals surface area (Å²) in [5, 5.41) is 20.6. The third kappa shape index (κ3) is 5.32. The highest BCUT2D eigenvalue weighted by Crippen LogP contribution is 2.16. The molecule has 0 aliphatic rings. The molecule has 22 heavy (non-hydrogen) atoms. The van der Waals surface area contributed by atoms with Gasteiger partial charge in [0, 0.05) is 24.3 Å². The number of non-ortho nitro benzene ring substituents is 2. The first-order chi connectivity index (χ1) is 10.2. The second kappa shape index (κ2) is 7.31. The van der Waals surface area contributed by atoms with E-state index in [1.807, 2.05) is 39.8 Å². The Morgan fingerprint density at radius 3 is 1.00 bits per heavy atom. The van der Waals surface area contributed by atoms with Crippen molar-refractivity contribution >= 4 is 11.4 Å². The molecule has 116 valence electrons. The van der Waals surface area contributed by atoms with Crippen LogP contribution in [0.2, 0.25) is 0 Å². The Morgan fingerprint density at radius 1 is 0.591 bits per heavy atom. The van der Waals surface area contributed by atoms with Crippen LogP contribution in [0, 0.1) is 47.9 Å². The van der Waals surface area contributed by atoms with Crippen molar-refractivity contribution in [2.24, 2.45) is 0 Å². The lowest BCUT2D eigenvalue weighted by Gasteiger charge is -1.95. The van der Waals surface area contributed by atoms with Gasteiger partial charge < -0.3 is 0 Å². The van der Waals surface area contributed by atoms with Crippen LogP contribution in [0.4, 0.5) is 11.4 Å². The first-order valence-electron chi connectivity index (χ1n) is 6.64. The van der Waals surface area contributed by atoms with Gasteiger partial charge in [0.2, 0.25) is 0 Å². The Kier molecular flexibility index (Phi) is 5.74. The molecule has 0 aromatic heterocycles. The van der Waals surface area contributed by atoms with Crippen molar-refractivity contribution in [2.75, 3.05) is 0 Å². The Balaban J connectivity index is 0.000000220. The second-order valence-electron chi connectivity index (χ2n) is 5.21. The van der Waals surface area contributed by atoms with Gasteiger partial charge in [-0.3, -0.25) is 20.2 Å². The van der Waals surface area contributed by atoms with Crippen LogP contribution in [0.5, 0.6) is 0 Å². The number of nitro groups is 2. The van der Waals surface area contributed by atoms with Gasteiger partial charge in [-0.1, -0.05) is 12.1 Å². The van der Waals surface area contributed by atoms with Crippen molar-refractivity contribution in [1.29, 1.82) is 0 Å². The van der Waals surface area contributed by atoms with E-state index in [0.29, 0.717) is 0 Å². The zero-order valence-electron chi connectivity index (χ0n) is 13.0. The minimum atomic E-state index is -0.375. The van der Waals surface area contributed by atoms with Crippen LogP contribution in [0.15, 0.2) is 36.4 Å². The fourth-order valence-corrected chi connectivity index (χ4v) is 2.11. The molecule has 0 aliphatic heterocycles. The highest BCUT2D eigenvalue weighted by atomic mass is 16.6. The highest BCUT2D eigenvalue weighted by Gasteiger charge is 2.05. The second-order valence-corrected chi connectivity index (χ2v) is 5.21. The SMILES string of the molecule is Cc1cc(C)cc([N+](=O)[O-])c1.Cc1cc(C)cc([N+](=O)[O-])c1. The summed E-state index contributed by atoms with van der Waals surface area (Å²) in [6, 6.07) is 10.1. The molecule has 0 saturated heterocycles. The first-order valence-corrected chi connectivity index (χ1v) is 6.64. The Labute approximate surface area is 128 Å². The van der Waals surface area contributed by atoms with Crippen molar-refractivity contribution in [3.05, 3.63) is 78.9 Å². The van der Waals surface area contributed by atoms with Gasteiger partial charge in [0.1, 0.15) is 0 Å². The minimum Gasteiger partial charge on any atom is -0.258 e. The average Bonchev–Trinajstić information content (AvgIpc) is 2.37. The van der Waals surface area contributed by atoms with Crippen LogP contribution in [-0.4, -0.2) is 9.85 Å². The molecule has 0 atom stereocenters. The molecule has 0 heterocycles. The lowest BCUT2D eigenvalue weighted by atomic mass is 10.1. The van der Waals surface area contributed by atoms with Gasteiger partial charge in [-0.05, 0) is 49.9 Å². The number of nitrogens with zero attached hydrogens (tertiary/aromatic N) is 2. The van der Waals surface area contributed by atoms with E-state index in [1.165, 1.54) is 0 Å². The molecule has 0 fully saturated rings. The summed E-state index contributed by atoms with van der Waals surface area (Å²) in [5.41, 5.74) is 4.05. The van der Waals surface area contributed by atoms with Crippen LogP contribution >= 0.6 is 0 Å². The molecule has 0 unspecified atom stereocenters. The van der Waals surface area contributed by atoms with Crippen molar-refractivity contribution in [3.63, 3.8) is 0 Å². The Morgan fingerprint density at radius 2 is 0.818 bits per heavy atom. The number of hydrogen-bond donors (Lipinski definition) is 0. The molecule has 6 nitrogen and oxygen atoms in total. The monoisotopic (exact) mass is 302 g/mol. The third-order valence-corrected chi connectivity index (χ3v) is 2.83. The van der Waals surface area contributed by atoms with Crippen molar-refractivity contribution in [3.8, 4) is 0 Å². The van der Waals surface area contributed by atoms with Gasteiger partial charge in [-0.15, -0.1) is 0 Å². The smallest absolute Gasteiger partial charge is 0.258 e. The van der Waals surface area contributed by atoms with Crippen molar-refractivity contribution in [2.45, 2.75) is 27.7 Å². The van der Waals surface area contributed by atoms with E-state index in [-0.39, 0.29) is 21.2 Å². The molecule has 0 bridgehead atoms. The summed E-state index contributed by atoms with van der Waals surface area (Å²) >= 11 is 0. The fraction of sp³-hybridized carbons (Fsp3) is 0.250. The molecule has 0 N–H and O–H groups in total. The van der Waals surface area contributed by atoms with Gasteiger partial charge in [0.15, 0.2) is 0 Å². The van der Waals surface area contributed by atoms with Crippen LogP contribution in [0.1, 0.15) is 22.3 Å². The Bertz CT molecular complexity index is 609. The normalized spacial score (nSPS) is 9.64. The lowest BCUT2D eigenvalue weighted by molar-refractivity contribution is -0.385. The van der Waals surface area contributed by atoms with Crippen molar-refractivity contribution in [1.82, 2.24) is 0 Å². The van der Waals surface area contributed by atoms with Crippen molar-refractivity contribution < 1.29 is 9.85 Å². The molecular weight excluding hydrogens is 284 g/mol. The summed E-state index contributed by atoms with van der Waals surface area (Å²) in [7, 11) is 0. The zero-order chi connectivity index (χ0) is 16.9. The summed E-state index contributed by atoms with van der Waals surface area (Å²) < 4.78 is 0. The maximum atomic E-state index is 10.3. The molecule has 0 aliphatic carbocycles. The average molecular weight is 302 g/mol. The number of aryl methyl sites for hydroxylation is 4.